The van der Waals surface area contributed by atoms with Crippen LogP contribution in [-0.2, 0) is 15.3 Å². The van der Waals surface area contributed by atoms with Gasteiger partial charge in [0.25, 0.3) is 5.56 Å². The zero-order chi connectivity index (χ0) is 22.0. The zero-order valence-corrected chi connectivity index (χ0v) is 17.4. The zero-order valence-electron chi connectivity index (χ0n) is 16.6. The largest absolute Gasteiger partial charge is 0.325 e. The summed E-state index contributed by atoms with van der Waals surface area (Å²) in [5.74, 6) is -1.87. The van der Waals surface area contributed by atoms with Crippen LogP contribution < -0.4 is 16.2 Å². The maximum absolute atomic E-state index is 13.8. The van der Waals surface area contributed by atoms with Gasteiger partial charge in [-0.3, -0.25) is 14.4 Å². The molecule has 2 aromatic carbocycles. The third-order valence-corrected chi connectivity index (χ3v) is 5.89. The Morgan fingerprint density at radius 1 is 1.19 bits per heavy atom. The van der Waals surface area contributed by atoms with Gasteiger partial charge in [-0.25, -0.2) is 9.37 Å². The molecule has 1 aromatic heterocycles. The number of fused-ring (bicyclic) bond motifs is 1. The molecule has 3 N–H and O–H groups in total. The normalized spacial score (nSPS) is 15.2. The minimum Gasteiger partial charge on any atom is -0.325 e. The molecule has 0 radical (unpaired) electrons. The molecule has 0 aliphatic carbocycles. The second-order valence-electron chi connectivity index (χ2n) is 7.12. The molecule has 2 heterocycles. The van der Waals surface area contributed by atoms with Crippen molar-refractivity contribution in [1.29, 1.82) is 0 Å². The molecule has 0 bridgehead atoms. The minimum atomic E-state index is -0.967. The average molecular weight is 438 g/mol. The molecule has 3 aromatic rings. The molecular formula is C22H19FN4O3S. The fraction of sp³-hybridized carbons (Fsp3) is 0.182. The summed E-state index contributed by atoms with van der Waals surface area (Å²) >= 11 is 1.13. The molecule has 4 rings (SSSR count). The van der Waals surface area contributed by atoms with Crippen molar-refractivity contribution in [3.8, 4) is 0 Å². The Bertz CT molecular complexity index is 1230. The van der Waals surface area contributed by atoms with Gasteiger partial charge in [0.2, 0.25) is 11.8 Å². The summed E-state index contributed by atoms with van der Waals surface area (Å²) in [5, 5.41) is 5.59. The Kier molecular flexibility index (Phi) is 5.85. The van der Waals surface area contributed by atoms with Gasteiger partial charge in [-0.15, -0.1) is 0 Å². The lowest BCUT2D eigenvalue weighted by molar-refractivity contribution is -0.123. The van der Waals surface area contributed by atoms with Crippen LogP contribution in [0.4, 0.5) is 15.9 Å². The quantitative estimate of drug-likeness (QED) is 0.417. The average Bonchev–Trinajstić information content (AvgIpc) is 2.74. The first-order valence-electron chi connectivity index (χ1n) is 9.59. The highest BCUT2D eigenvalue weighted by Gasteiger charge is 2.35. The molecule has 0 unspecified atom stereocenters. The van der Waals surface area contributed by atoms with Crippen LogP contribution in [0, 0.1) is 12.7 Å². The van der Waals surface area contributed by atoms with Crippen molar-refractivity contribution in [3.05, 3.63) is 81.4 Å². The van der Waals surface area contributed by atoms with Crippen LogP contribution in [0.5, 0.6) is 0 Å². The van der Waals surface area contributed by atoms with E-state index in [1.165, 1.54) is 6.07 Å². The van der Waals surface area contributed by atoms with E-state index in [9.17, 15) is 18.8 Å². The first-order valence-corrected chi connectivity index (χ1v) is 10.6. The number of nitrogens with one attached hydrogen (secondary N) is 3. The number of aryl methyl sites for hydroxylation is 1. The molecule has 9 heteroatoms. The van der Waals surface area contributed by atoms with E-state index < -0.39 is 23.3 Å². The Balaban J connectivity index is 1.59. The number of H-pyrrole nitrogens is 1. The van der Waals surface area contributed by atoms with Gasteiger partial charge in [-0.1, -0.05) is 48.2 Å². The minimum absolute atomic E-state index is 0.0565. The Morgan fingerprint density at radius 2 is 1.94 bits per heavy atom. The summed E-state index contributed by atoms with van der Waals surface area (Å²) in [6.45, 7) is 1.85. The lowest BCUT2D eigenvalue weighted by Gasteiger charge is -2.23. The monoisotopic (exact) mass is 438 g/mol. The predicted molar refractivity (Wildman–Crippen MR) is 117 cm³/mol. The van der Waals surface area contributed by atoms with Crippen LogP contribution in [0.1, 0.15) is 29.0 Å². The van der Waals surface area contributed by atoms with Gasteiger partial charge in [0.05, 0.1) is 11.5 Å². The third kappa shape index (κ3) is 4.51. The van der Waals surface area contributed by atoms with Crippen LogP contribution >= 0.6 is 11.8 Å². The summed E-state index contributed by atoms with van der Waals surface area (Å²) < 4.78 is 13.8. The summed E-state index contributed by atoms with van der Waals surface area (Å²) in [6, 6.07) is 13.6. The molecule has 2 amide bonds. The van der Waals surface area contributed by atoms with E-state index in [0.717, 1.165) is 17.3 Å². The number of carbonyl (C=O) groups is 2. The van der Waals surface area contributed by atoms with E-state index in [0.29, 0.717) is 11.3 Å². The van der Waals surface area contributed by atoms with Gasteiger partial charge in [0.1, 0.15) is 11.6 Å². The molecule has 0 saturated heterocycles. The molecule has 0 spiro atoms. The smallest absolute Gasteiger partial charge is 0.257 e. The van der Waals surface area contributed by atoms with Gasteiger partial charge in [-0.2, -0.15) is 0 Å². The number of anilines is 2. The first kappa shape index (κ1) is 20.8. The number of nitrogens with zero attached hydrogens (tertiary/aromatic N) is 1. The van der Waals surface area contributed by atoms with Crippen LogP contribution in [0.25, 0.3) is 0 Å². The summed E-state index contributed by atoms with van der Waals surface area (Å²) in [7, 11) is 0. The Hall–Kier alpha value is -3.46. The van der Waals surface area contributed by atoms with Gasteiger partial charge >= 0.3 is 0 Å². The summed E-state index contributed by atoms with van der Waals surface area (Å²) in [6.07, 6.45) is -0.156. The molecule has 0 fully saturated rings. The molecule has 0 saturated carbocycles. The van der Waals surface area contributed by atoms with E-state index in [2.05, 4.69) is 20.6 Å². The highest BCUT2D eigenvalue weighted by Crippen LogP contribution is 2.31. The first-order chi connectivity index (χ1) is 14.9. The van der Waals surface area contributed by atoms with Gasteiger partial charge in [-0.05, 0) is 30.2 Å². The molecule has 1 aliphatic heterocycles. The topological polar surface area (TPSA) is 104 Å². The van der Waals surface area contributed by atoms with Crippen molar-refractivity contribution in [1.82, 2.24) is 9.97 Å². The fourth-order valence-electron chi connectivity index (χ4n) is 3.34. The third-order valence-electron chi connectivity index (χ3n) is 4.97. The van der Waals surface area contributed by atoms with Crippen molar-refractivity contribution >= 4 is 35.1 Å². The van der Waals surface area contributed by atoms with Crippen molar-refractivity contribution in [2.75, 3.05) is 10.6 Å². The lowest BCUT2D eigenvalue weighted by Crippen LogP contribution is -2.36. The van der Waals surface area contributed by atoms with E-state index >= 15 is 0 Å². The number of halogens is 1. The molecule has 1 atom stereocenters. The lowest BCUT2D eigenvalue weighted by atomic mass is 9.92. The predicted octanol–water partition coefficient (Wildman–Crippen LogP) is 3.57. The van der Waals surface area contributed by atoms with Crippen LogP contribution in [-0.4, -0.2) is 21.8 Å². The van der Waals surface area contributed by atoms with Crippen molar-refractivity contribution in [2.45, 2.75) is 30.2 Å². The van der Waals surface area contributed by atoms with Crippen LogP contribution in [0.15, 0.2) is 58.5 Å². The Labute approximate surface area is 181 Å². The van der Waals surface area contributed by atoms with Crippen LogP contribution in [0.2, 0.25) is 0 Å². The van der Waals surface area contributed by atoms with Crippen molar-refractivity contribution in [2.24, 2.45) is 0 Å². The van der Waals surface area contributed by atoms with Gasteiger partial charge in [0, 0.05) is 17.9 Å². The Morgan fingerprint density at radius 3 is 2.71 bits per heavy atom. The number of hydrogen-bond acceptors (Lipinski definition) is 5. The molecule has 7 nitrogen and oxygen atoms in total. The number of aromatic amines is 1. The number of carbonyl (C=O) groups excluding carboxylic acids is 2. The highest BCUT2D eigenvalue weighted by molar-refractivity contribution is 7.98. The maximum atomic E-state index is 13.8. The van der Waals surface area contributed by atoms with Crippen molar-refractivity contribution < 1.29 is 14.0 Å². The summed E-state index contributed by atoms with van der Waals surface area (Å²) in [4.78, 5) is 44.8. The molecular weight excluding hydrogens is 419 g/mol. The van der Waals surface area contributed by atoms with E-state index in [1.54, 1.807) is 30.3 Å². The second-order valence-corrected chi connectivity index (χ2v) is 8.09. The van der Waals surface area contributed by atoms with E-state index in [-0.39, 0.29) is 34.5 Å². The van der Waals surface area contributed by atoms with Crippen molar-refractivity contribution in [3.63, 3.8) is 0 Å². The van der Waals surface area contributed by atoms with Crippen LogP contribution in [0.3, 0.4) is 0 Å². The maximum Gasteiger partial charge on any atom is 0.257 e. The number of para-hydroxylation sites is 1. The van der Waals surface area contributed by atoms with Gasteiger partial charge < -0.3 is 15.6 Å². The fourth-order valence-corrected chi connectivity index (χ4v) is 4.18. The SMILES string of the molecule is Cc1ccccc1NC(=O)[C@H]1CC(=O)Nc2nc(SCc3ccccc3F)[nH]c(=O)c21. The summed E-state index contributed by atoms with van der Waals surface area (Å²) in [5.41, 5.74) is 1.55. The molecule has 158 valence electrons. The highest BCUT2D eigenvalue weighted by atomic mass is 32.2. The molecule has 1 aliphatic rings. The number of amides is 2. The number of rotatable bonds is 5. The molecule has 31 heavy (non-hydrogen) atoms. The van der Waals surface area contributed by atoms with E-state index in [1.807, 2.05) is 19.1 Å². The standard InChI is InChI=1S/C22H19FN4O3S/c1-12-6-2-5-9-16(12)24-20(29)14-10-17(28)25-19-18(14)21(30)27-22(26-19)31-11-13-7-3-4-8-15(13)23/h2-9,14H,10-11H2,1H3,(H,24,29)(H2,25,26,27,28,30)/t14-/m0/s1. The van der Waals surface area contributed by atoms with E-state index in [4.69, 9.17) is 0 Å². The number of thioether (sulfide) groups is 1. The number of hydrogen-bond donors (Lipinski definition) is 3. The number of aromatic nitrogens is 2. The number of benzene rings is 2. The van der Waals surface area contributed by atoms with Gasteiger partial charge in [0.15, 0.2) is 5.16 Å². The second kappa shape index (κ2) is 8.73.